The Kier molecular flexibility index (Phi) is 8.51. The summed E-state index contributed by atoms with van der Waals surface area (Å²) in [5.74, 6) is -2.47. The fourth-order valence-electron chi connectivity index (χ4n) is 6.08. The van der Waals surface area contributed by atoms with E-state index in [1.807, 2.05) is 0 Å². The lowest BCUT2D eigenvalue weighted by molar-refractivity contribution is 0.0590. The number of carboxylic acids is 2. The molecule has 2 aliphatic carbocycles. The molecule has 0 bridgehead atoms. The Balaban J connectivity index is 1.75. The second kappa shape index (κ2) is 11.6. The number of aliphatic hydroxyl groups is 1. The van der Waals surface area contributed by atoms with E-state index in [-0.39, 0.29) is 51.4 Å². The Hall–Kier alpha value is -3.26. The predicted molar refractivity (Wildman–Crippen MR) is 143 cm³/mol. The summed E-state index contributed by atoms with van der Waals surface area (Å²) >= 11 is 0. The third-order valence-corrected chi connectivity index (χ3v) is 8.52. The minimum Gasteiger partial charge on any atom is -0.478 e. The van der Waals surface area contributed by atoms with Crippen LogP contribution in [0.15, 0.2) is 24.3 Å². The van der Waals surface area contributed by atoms with Gasteiger partial charge < -0.3 is 20.6 Å². The van der Waals surface area contributed by atoms with E-state index in [0.29, 0.717) is 11.8 Å². The second-order valence-electron chi connectivity index (χ2n) is 11.3. The van der Waals surface area contributed by atoms with Crippen LogP contribution in [-0.4, -0.2) is 51.1 Å². The molecule has 8 nitrogen and oxygen atoms in total. The molecular formula is C30H37NO7. The van der Waals surface area contributed by atoms with Crippen molar-refractivity contribution in [3.05, 3.63) is 46.5 Å². The van der Waals surface area contributed by atoms with Gasteiger partial charge >= 0.3 is 11.9 Å². The first kappa shape index (κ1) is 27.8. The van der Waals surface area contributed by atoms with E-state index in [2.05, 4.69) is 19.2 Å². The van der Waals surface area contributed by atoms with Gasteiger partial charge in [0, 0.05) is 34.4 Å². The third kappa shape index (κ3) is 5.90. The average Bonchev–Trinajstić information content (AvgIpc) is 2.88. The lowest BCUT2D eigenvalue weighted by Gasteiger charge is -2.29. The van der Waals surface area contributed by atoms with Crippen molar-refractivity contribution >= 4 is 34.4 Å². The van der Waals surface area contributed by atoms with Crippen LogP contribution in [0.25, 0.3) is 10.8 Å². The van der Waals surface area contributed by atoms with Gasteiger partial charge in [0.1, 0.15) is 0 Å². The van der Waals surface area contributed by atoms with E-state index in [0.717, 1.165) is 51.4 Å². The van der Waals surface area contributed by atoms with Crippen molar-refractivity contribution in [1.29, 1.82) is 0 Å². The van der Waals surface area contributed by atoms with Crippen LogP contribution in [0.1, 0.15) is 113 Å². The summed E-state index contributed by atoms with van der Waals surface area (Å²) in [6, 6.07) is 5.08. The number of carbonyl (C=O) groups excluding carboxylic acids is 2. The van der Waals surface area contributed by atoms with Crippen LogP contribution in [0, 0.1) is 17.8 Å². The lowest BCUT2D eigenvalue weighted by Crippen LogP contribution is -2.37. The summed E-state index contributed by atoms with van der Waals surface area (Å²) in [6.07, 6.45) is 6.10. The predicted octanol–water partition coefficient (Wildman–Crippen LogP) is 5.30. The van der Waals surface area contributed by atoms with E-state index in [1.165, 1.54) is 24.3 Å². The number of aliphatic hydroxyl groups excluding tert-OH is 1. The summed E-state index contributed by atoms with van der Waals surface area (Å²) in [5.41, 5.74) is -0.469. The molecule has 2 saturated carbocycles. The van der Waals surface area contributed by atoms with Crippen LogP contribution in [0.3, 0.4) is 0 Å². The van der Waals surface area contributed by atoms with Crippen molar-refractivity contribution in [2.45, 2.75) is 83.8 Å². The fourth-order valence-corrected chi connectivity index (χ4v) is 6.08. The molecule has 0 aromatic heterocycles. The van der Waals surface area contributed by atoms with E-state index >= 15 is 0 Å². The average molecular weight is 524 g/mol. The minimum absolute atomic E-state index is 0.00627. The molecule has 0 spiro atoms. The number of rotatable bonds is 8. The molecular weight excluding hydrogens is 486 g/mol. The molecule has 1 amide bonds. The van der Waals surface area contributed by atoms with Gasteiger partial charge in [0.25, 0.3) is 5.91 Å². The number of benzene rings is 2. The first-order chi connectivity index (χ1) is 18.1. The van der Waals surface area contributed by atoms with Crippen molar-refractivity contribution in [2.75, 3.05) is 0 Å². The topological polar surface area (TPSA) is 141 Å². The maximum absolute atomic E-state index is 13.5. The Morgan fingerprint density at radius 3 is 1.71 bits per heavy atom. The second-order valence-corrected chi connectivity index (χ2v) is 11.3. The molecule has 8 heteroatoms. The van der Waals surface area contributed by atoms with Crippen LogP contribution in [0.2, 0.25) is 0 Å². The van der Waals surface area contributed by atoms with E-state index in [1.54, 1.807) is 0 Å². The maximum Gasteiger partial charge on any atom is 0.336 e. The monoisotopic (exact) mass is 523 g/mol. The molecule has 1 atom stereocenters. The molecule has 0 radical (unpaired) electrons. The third-order valence-electron chi connectivity index (χ3n) is 8.52. The highest BCUT2D eigenvalue weighted by Crippen LogP contribution is 2.35. The Morgan fingerprint density at radius 1 is 0.737 bits per heavy atom. The van der Waals surface area contributed by atoms with E-state index in [9.17, 15) is 34.5 Å². The molecule has 2 aromatic carbocycles. The summed E-state index contributed by atoms with van der Waals surface area (Å²) < 4.78 is 0. The highest BCUT2D eigenvalue weighted by atomic mass is 16.4. The normalized spacial score (nSPS) is 24.5. The maximum atomic E-state index is 13.5. The number of nitrogens with one attached hydrogen (secondary N) is 1. The zero-order chi connectivity index (χ0) is 27.6. The number of fused-ring (bicyclic) bond motifs is 1. The largest absolute Gasteiger partial charge is 0.478 e. The van der Waals surface area contributed by atoms with Gasteiger partial charge in [-0.15, -0.1) is 0 Å². The van der Waals surface area contributed by atoms with E-state index < -0.39 is 29.7 Å². The molecule has 0 unspecified atom stereocenters. The molecule has 2 aliphatic rings. The molecule has 0 saturated heterocycles. The molecule has 2 fully saturated rings. The van der Waals surface area contributed by atoms with Gasteiger partial charge in [0.05, 0.1) is 17.2 Å². The zero-order valence-electron chi connectivity index (χ0n) is 22.0. The number of Topliss-reactive ketones (excluding diaryl/α,β-unsaturated/α-hetero) is 1. The highest BCUT2D eigenvalue weighted by Gasteiger charge is 2.30. The fraction of sp³-hybridized carbons (Fsp3) is 0.533. The van der Waals surface area contributed by atoms with Crippen LogP contribution in [0.4, 0.5) is 0 Å². The lowest BCUT2D eigenvalue weighted by atomic mass is 9.78. The van der Waals surface area contributed by atoms with Crippen LogP contribution in [-0.2, 0) is 0 Å². The summed E-state index contributed by atoms with van der Waals surface area (Å²) in [6.45, 7) is 4.33. The number of carboxylic acid groups (broad SMARTS) is 2. The van der Waals surface area contributed by atoms with Crippen molar-refractivity contribution < 1.29 is 34.5 Å². The van der Waals surface area contributed by atoms with Gasteiger partial charge in [-0.1, -0.05) is 26.7 Å². The van der Waals surface area contributed by atoms with Crippen molar-refractivity contribution in [3.8, 4) is 0 Å². The number of amides is 1. The van der Waals surface area contributed by atoms with Gasteiger partial charge in [0.15, 0.2) is 5.78 Å². The number of ketones is 1. The van der Waals surface area contributed by atoms with Gasteiger partial charge in [-0.3, -0.25) is 9.59 Å². The minimum atomic E-state index is -1.33. The van der Waals surface area contributed by atoms with Crippen molar-refractivity contribution in [1.82, 2.24) is 5.32 Å². The summed E-state index contributed by atoms with van der Waals surface area (Å²) in [4.78, 5) is 51.2. The van der Waals surface area contributed by atoms with Gasteiger partial charge in [-0.05, 0) is 80.5 Å². The quantitative estimate of drug-likeness (QED) is 0.344. The van der Waals surface area contributed by atoms with Crippen LogP contribution < -0.4 is 5.32 Å². The molecule has 204 valence electrons. The number of hydrogen-bond donors (Lipinski definition) is 4. The molecule has 2 aromatic rings. The van der Waals surface area contributed by atoms with Gasteiger partial charge in [0.2, 0.25) is 0 Å². The first-order valence-corrected chi connectivity index (χ1v) is 13.6. The molecule has 4 rings (SSSR count). The standard InChI is InChI=1S/C30H37NO7/c1-16-3-7-18(8-4-16)24(32)15-25(33)20-11-13-23(30(37)38)27-21(12-14-22(26(20)27)29(35)36)28(34)31-19-9-5-17(2)6-10-19/h11-14,16-19,24,32H,3-10,15H2,1-2H3,(H,31,34)(H,35,36)(H,37,38)/t16?,17?,18?,19?,24-/m0/s1. The van der Waals surface area contributed by atoms with E-state index in [4.69, 9.17) is 0 Å². The molecule has 4 N–H and O–H groups in total. The molecule has 0 aliphatic heterocycles. The number of aromatic carboxylic acids is 2. The molecule has 38 heavy (non-hydrogen) atoms. The highest BCUT2D eigenvalue weighted by molar-refractivity contribution is 6.23. The first-order valence-electron chi connectivity index (χ1n) is 13.6. The van der Waals surface area contributed by atoms with Crippen molar-refractivity contribution in [2.24, 2.45) is 17.8 Å². The Labute approximate surface area is 222 Å². The van der Waals surface area contributed by atoms with Gasteiger partial charge in [-0.25, -0.2) is 9.59 Å². The molecule has 0 heterocycles. The van der Waals surface area contributed by atoms with Crippen molar-refractivity contribution in [3.63, 3.8) is 0 Å². The SMILES string of the molecule is CC1CCC(NC(=O)c2ccc(C(=O)O)c3c(C(=O)C[C@H](O)C4CCC(C)CC4)ccc(C(=O)O)c23)CC1. The Morgan fingerprint density at radius 2 is 1.18 bits per heavy atom. The zero-order valence-corrected chi connectivity index (χ0v) is 22.0. The summed E-state index contributed by atoms with van der Waals surface area (Å²) in [7, 11) is 0. The van der Waals surface area contributed by atoms with Crippen LogP contribution in [0.5, 0.6) is 0 Å². The van der Waals surface area contributed by atoms with Crippen LogP contribution >= 0.6 is 0 Å². The number of hydrogen-bond acceptors (Lipinski definition) is 5. The Bertz CT molecular complexity index is 1240. The smallest absolute Gasteiger partial charge is 0.336 e. The number of carbonyl (C=O) groups is 4. The van der Waals surface area contributed by atoms with Gasteiger partial charge in [-0.2, -0.15) is 0 Å². The summed E-state index contributed by atoms with van der Waals surface area (Å²) in [5, 5.41) is 33.6.